The number of aliphatic carboxylic acids is 1. The van der Waals surface area contributed by atoms with Gasteiger partial charge < -0.3 is 20.1 Å². The predicted octanol–water partition coefficient (Wildman–Crippen LogP) is 1.67. The van der Waals surface area contributed by atoms with Gasteiger partial charge in [-0.05, 0) is 6.07 Å². The van der Waals surface area contributed by atoms with Crippen LogP contribution in [-0.4, -0.2) is 28.3 Å². The van der Waals surface area contributed by atoms with E-state index in [0.29, 0.717) is 16.5 Å². The van der Waals surface area contributed by atoms with Crippen molar-refractivity contribution < 1.29 is 19.0 Å². The maximum absolute atomic E-state index is 13.9. The van der Waals surface area contributed by atoms with Crippen molar-refractivity contribution in [3.8, 4) is 12.3 Å². The second-order valence-corrected chi connectivity index (χ2v) is 4.70. The highest BCUT2D eigenvalue weighted by atomic mass is 19.1. The highest BCUT2D eigenvalue weighted by Gasteiger charge is 2.33. The normalized spacial score (nSPS) is 15.3. The van der Waals surface area contributed by atoms with Crippen molar-refractivity contribution in [2.75, 3.05) is 7.11 Å². The molecule has 0 spiro atoms. The highest BCUT2D eigenvalue weighted by molar-refractivity contribution is 5.86. The lowest BCUT2D eigenvalue weighted by Gasteiger charge is -2.19. The Labute approximate surface area is 121 Å². The van der Waals surface area contributed by atoms with Crippen molar-refractivity contribution in [2.24, 2.45) is 5.73 Å². The summed E-state index contributed by atoms with van der Waals surface area (Å²) in [5, 5.41) is 9.77. The number of carbonyl (C=O) groups is 1. The Bertz CT molecular complexity index is 719. The van der Waals surface area contributed by atoms with Crippen molar-refractivity contribution in [3.05, 3.63) is 36.0 Å². The molecule has 6 heteroatoms. The summed E-state index contributed by atoms with van der Waals surface area (Å²) in [6, 6.07) is 6.98. The first-order valence-electron chi connectivity index (χ1n) is 6.17. The summed E-state index contributed by atoms with van der Waals surface area (Å²) in [6.07, 6.45) is 5.09. The summed E-state index contributed by atoms with van der Waals surface area (Å²) in [6.45, 7) is -0.171. The largest absolute Gasteiger partial charge is 0.479 e. The second-order valence-electron chi connectivity index (χ2n) is 4.70. The first-order chi connectivity index (χ1) is 9.92. The van der Waals surface area contributed by atoms with Crippen LogP contribution in [0, 0.1) is 12.3 Å². The van der Waals surface area contributed by atoms with E-state index < -0.39 is 17.9 Å². The smallest absolute Gasteiger partial charge is 0.338 e. The van der Waals surface area contributed by atoms with E-state index in [-0.39, 0.29) is 6.54 Å². The van der Waals surface area contributed by atoms with Crippen LogP contribution in [0.3, 0.4) is 0 Å². The number of halogens is 1. The van der Waals surface area contributed by atoms with Crippen LogP contribution in [0.5, 0.6) is 0 Å². The monoisotopic (exact) mass is 290 g/mol. The number of nitrogens with two attached hydrogens (primary N) is 1. The van der Waals surface area contributed by atoms with Crippen LogP contribution in [0.1, 0.15) is 11.9 Å². The average Bonchev–Trinajstić information content (AvgIpc) is 2.85. The average molecular weight is 290 g/mol. The Kier molecular flexibility index (Phi) is 3.98. The van der Waals surface area contributed by atoms with E-state index in [1.54, 1.807) is 24.3 Å². The zero-order valence-corrected chi connectivity index (χ0v) is 11.4. The molecule has 2 atom stereocenters. The highest BCUT2D eigenvalue weighted by Crippen LogP contribution is 2.29. The number of ether oxygens (including phenoxy) is 1. The summed E-state index contributed by atoms with van der Waals surface area (Å²) in [4.78, 5) is 11.2. The lowest BCUT2D eigenvalue weighted by molar-refractivity contribution is -0.141. The number of fused-ring (bicyclic) bond motifs is 1. The molecular weight excluding hydrogens is 275 g/mol. The molecule has 2 rings (SSSR count). The third-order valence-corrected chi connectivity index (χ3v) is 3.33. The van der Waals surface area contributed by atoms with Crippen molar-refractivity contribution >= 4 is 16.9 Å². The molecule has 0 saturated carbocycles. The van der Waals surface area contributed by atoms with Gasteiger partial charge in [0.05, 0.1) is 6.54 Å². The number of benzene rings is 1. The van der Waals surface area contributed by atoms with Crippen molar-refractivity contribution in [1.29, 1.82) is 0 Å². The van der Waals surface area contributed by atoms with Gasteiger partial charge in [-0.15, -0.1) is 6.42 Å². The van der Waals surface area contributed by atoms with Crippen LogP contribution in [0.4, 0.5) is 4.39 Å². The van der Waals surface area contributed by atoms with Gasteiger partial charge in [0.15, 0.2) is 5.54 Å². The standard InChI is InChI=1S/C15H15FN2O3/c1-3-15(17,14(19)20)9-18-8-11(13(16)21-2)10-6-4-5-7-12(10)18/h1,4-8,13H,9,17H2,2H3,(H,19,20). The van der Waals surface area contributed by atoms with E-state index in [1.807, 2.05) is 0 Å². The second kappa shape index (κ2) is 5.56. The number of nitrogens with zero attached hydrogens (tertiary/aromatic N) is 1. The minimum absolute atomic E-state index is 0.171. The fourth-order valence-corrected chi connectivity index (χ4v) is 2.16. The SMILES string of the molecule is C#CC(N)(Cn1cc(C(F)OC)c2ccccc21)C(=O)O. The Morgan fingerprint density at radius 2 is 2.29 bits per heavy atom. The molecule has 0 aliphatic heterocycles. The summed E-state index contributed by atoms with van der Waals surface area (Å²) in [7, 11) is 1.25. The predicted molar refractivity (Wildman–Crippen MR) is 76.2 cm³/mol. The molecule has 110 valence electrons. The fraction of sp³-hybridized carbons (Fsp3) is 0.267. The van der Waals surface area contributed by atoms with Crippen LogP contribution in [0.2, 0.25) is 0 Å². The number of carboxylic acid groups (broad SMARTS) is 1. The van der Waals surface area contributed by atoms with E-state index >= 15 is 0 Å². The molecule has 0 amide bonds. The van der Waals surface area contributed by atoms with Crippen LogP contribution in [0.15, 0.2) is 30.5 Å². The molecule has 0 fully saturated rings. The van der Waals surface area contributed by atoms with Gasteiger partial charge in [0, 0.05) is 29.8 Å². The fourth-order valence-electron chi connectivity index (χ4n) is 2.16. The van der Waals surface area contributed by atoms with E-state index in [1.165, 1.54) is 17.9 Å². The molecule has 2 aromatic rings. The first kappa shape index (κ1) is 15.0. The summed E-state index contributed by atoms with van der Waals surface area (Å²) in [5.41, 5.74) is 4.78. The van der Waals surface area contributed by atoms with Gasteiger partial charge in [-0.25, -0.2) is 9.18 Å². The third kappa shape index (κ3) is 2.61. The molecule has 5 nitrogen and oxygen atoms in total. The molecule has 1 heterocycles. The van der Waals surface area contributed by atoms with E-state index in [9.17, 15) is 9.18 Å². The number of methoxy groups -OCH3 is 1. The summed E-state index contributed by atoms with van der Waals surface area (Å²) >= 11 is 0. The van der Waals surface area contributed by atoms with Gasteiger partial charge in [0.2, 0.25) is 6.36 Å². The molecule has 21 heavy (non-hydrogen) atoms. The van der Waals surface area contributed by atoms with Crippen LogP contribution in [-0.2, 0) is 16.1 Å². The Balaban J connectivity index is 2.56. The number of hydrogen-bond acceptors (Lipinski definition) is 3. The van der Waals surface area contributed by atoms with Gasteiger partial charge in [0.25, 0.3) is 0 Å². The zero-order chi connectivity index (χ0) is 15.6. The molecular formula is C15H15FN2O3. The number of carboxylic acids is 1. The number of aromatic nitrogens is 1. The zero-order valence-electron chi connectivity index (χ0n) is 11.4. The summed E-state index contributed by atoms with van der Waals surface area (Å²) < 4.78 is 20.1. The number of terminal acetylenes is 1. The number of hydrogen-bond donors (Lipinski definition) is 2. The minimum Gasteiger partial charge on any atom is -0.479 e. The Morgan fingerprint density at radius 3 is 2.86 bits per heavy atom. The van der Waals surface area contributed by atoms with Crippen LogP contribution in [0.25, 0.3) is 10.9 Å². The van der Waals surface area contributed by atoms with Gasteiger partial charge in [0.1, 0.15) is 0 Å². The van der Waals surface area contributed by atoms with E-state index in [2.05, 4.69) is 5.92 Å². The maximum atomic E-state index is 13.9. The van der Waals surface area contributed by atoms with Gasteiger partial charge in [-0.1, -0.05) is 24.1 Å². The van der Waals surface area contributed by atoms with Crippen LogP contribution >= 0.6 is 0 Å². The Morgan fingerprint density at radius 1 is 1.62 bits per heavy atom. The van der Waals surface area contributed by atoms with E-state index in [0.717, 1.165) is 0 Å². The summed E-state index contributed by atoms with van der Waals surface area (Å²) in [5.74, 6) is 0.764. The lowest BCUT2D eigenvalue weighted by Crippen LogP contribution is -2.50. The minimum atomic E-state index is -1.86. The van der Waals surface area contributed by atoms with E-state index in [4.69, 9.17) is 22.0 Å². The number of alkyl halides is 1. The molecule has 0 radical (unpaired) electrons. The maximum Gasteiger partial charge on any atom is 0.338 e. The van der Waals surface area contributed by atoms with Crippen LogP contribution < -0.4 is 5.73 Å². The lowest BCUT2D eigenvalue weighted by atomic mass is 10.0. The van der Waals surface area contributed by atoms with Crippen molar-refractivity contribution in [3.63, 3.8) is 0 Å². The van der Waals surface area contributed by atoms with Gasteiger partial charge in [-0.3, -0.25) is 0 Å². The molecule has 0 aliphatic rings. The molecule has 1 aromatic heterocycles. The topological polar surface area (TPSA) is 77.5 Å². The molecule has 3 N–H and O–H groups in total. The molecule has 1 aromatic carbocycles. The van der Waals surface area contributed by atoms with Crippen molar-refractivity contribution in [2.45, 2.75) is 18.4 Å². The first-order valence-corrected chi connectivity index (χ1v) is 6.17. The number of rotatable bonds is 5. The van der Waals surface area contributed by atoms with Gasteiger partial charge in [-0.2, -0.15) is 0 Å². The molecule has 2 unspecified atom stereocenters. The molecule has 0 saturated heterocycles. The quantitative estimate of drug-likeness (QED) is 0.821. The third-order valence-electron chi connectivity index (χ3n) is 3.33. The molecule has 0 bridgehead atoms. The van der Waals surface area contributed by atoms with Crippen molar-refractivity contribution in [1.82, 2.24) is 4.57 Å². The number of para-hydroxylation sites is 1. The van der Waals surface area contributed by atoms with Gasteiger partial charge >= 0.3 is 5.97 Å². The molecule has 0 aliphatic carbocycles. The Hall–Kier alpha value is -2.36.